The smallest absolute Gasteiger partial charge is 0.0366 e. The molecule has 0 spiro atoms. The van der Waals surface area contributed by atoms with E-state index in [2.05, 4.69) is 49.1 Å². The molecule has 1 aromatic rings. The van der Waals surface area contributed by atoms with E-state index in [1.54, 1.807) is 0 Å². The first kappa shape index (κ1) is 18.4. The van der Waals surface area contributed by atoms with Crippen LogP contribution in [0.5, 0.6) is 0 Å². The Bertz CT molecular complexity index is 212. The molecule has 0 amide bonds. The lowest BCUT2D eigenvalue weighted by Crippen LogP contribution is -2.24. The highest BCUT2D eigenvalue weighted by Gasteiger charge is 2.01. The van der Waals surface area contributed by atoms with Crippen LogP contribution in [0.15, 0.2) is 30.3 Å². The van der Waals surface area contributed by atoms with Gasteiger partial charge in [0.1, 0.15) is 0 Å². The van der Waals surface area contributed by atoms with Crippen LogP contribution in [-0.4, -0.2) is 13.1 Å². The Labute approximate surface area is 109 Å². The lowest BCUT2D eigenvalue weighted by atomic mass is 10.2. The van der Waals surface area contributed by atoms with E-state index in [4.69, 9.17) is 0 Å². The van der Waals surface area contributed by atoms with Crippen molar-refractivity contribution in [2.75, 3.05) is 18.0 Å². The van der Waals surface area contributed by atoms with Crippen molar-refractivity contribution in [3.63, 3.8) is 0 Å². The van der Waals surface area contributed by atoms with E-state index < -0.39 is 0 Å². The van der Waals surface area contributed by atoms with Crippen LogP contribution in [-0.2, 0) is 0 Å². The molecule has 0 fully saturated rings. The number of hydrogen-bond acceptors (Lipinski definition) is 1. The van der Waals surface area contributed by atoms with Gasteiger partial charge in [-0.05, 0) is 25.0 Å². The third-order valence-electron chi connectivity index (χ3n) is 2.11. The largest absolute Gasteiger partial charge is 0.372 e. The molecule has 0 aliphatic heterocycles. The zero-order chi connectivity index (χ0) is 13.5. The third-order valence-corrected chi connectivity index (χ3v) is 2.11. The van der Waals surface area contributed by atoms with E-state index in [9.17, 15) is 0 Å². The molecule has 17 heavy (non-hydrogen) atoms. The predicted molar refractivity (Wildman–Crippen MR) is 81.9 cm³/mol. The fraction of sp³-hybridized carbons (Fsp3) is 0.625. The van der Waals surface area contributed by atoms with E-state index in [0.29, 0.717) is 0 Å². The monoisotopic (exact) mass is 237 g/mol. The number of benzene rings is 1. The van der Waals surface area contributed by atoms with Gasteiger partial charge in [0.25, 0.3) is 0 Å². The molecule has 0 bridgehead atoms. The van der Waals surface area contributed by atoms with Crippen molar-refractivity contribution < 1.29 is 0 Å². The van der Waals surface area contributed by atoms with Crippen molar-refractivity contribution in [3.05, 3.63) is 30.3 Å². The summed E-state index contributed by atoms with van der Waals surface area (Å²) in [5, 5.41) is 0. The summed E-state index contributed by atoms with van der Waals surface area (Å²) in [6, 6.07) is 10.7. The van der Waals surface area contributed by atoms with Gasteiger partial charge in [-0.2, -0.15) is 0 Å². The average Bonchev–Trinajstić information content (AvgIpc) is 2.44. The molecule has 0 saturated carbocycles. The minimum Gasteiger partial charge on any atom is -0.372 e. The Morgan fingerprint density at radius 2 is 1.18 bits per heavy atom. The van der Waals surface area contributed by atoms with E-state index in [1.165, 1.54) is 18.5 Å². The number of nitrogens with zero attached hydrogens (tertiary/aromatic N) is 1. The average molecular weight is 237 g/mol. The molecule has 1 heteroatoms. The van der Waals surface area contributed by atoms with Gasteiger partial charge in [0.2, 0.25) is 0 Å². The first-order valence-electron chi connectivity index (χ1n) is 7.18. The van der Waals surface area contributed by atoms with Gasteiger partial charge in [0.15, 0.2) is 0 Å². The van der Waals surface area contributed by atoms with Crippen LogP contribution in [0, 0.1) is 0 Å². The highest BCUT2D eigenvalue weighted by atomic mass is 15.1. The van der Waals surface area contributed by atoms with Crippen LogP contribution >= 0.6 is 0 Å². The second-order valence-electron chi connectivity index (χ2n) is 3.32. The Morgan fingerprint density at radius 1 is 0.765 bits per heavy atom. The van der Waals surface area contributed by atoms with Crippen LogP contribution in [0.4, 0.5) is 5.69 Å². The second kappa shape index (κ2) is 15.0. The third kappa shape index (κ3) is 8.79. The van der Waals surface area contributed by atoms with Gasteiger partial charge in [-0.3, -0.25) is 0 Å². The molecule has 0 aliphatic rings. The molecule has 0 radical (unpaired) electrons. The highest BCUT2D eigenvalue weighted by Crippen LogP contribution is 2.13. The molecular formula is C16H31N. The second-order valence-corrected chi connectivity index (χ2v) is 3.32. The van der Waals surface area contributed by atoms with Crippen molar-refractivity contribution in [1.82, 2.24) is 0 Å². The Kier molecular flexibility index (Phi) is 16.2. The van der Waals surface area contributed by atoms with Gasteiger partial charge < -0.3 is 4.90 Å². The molecule has 0 aromatic heterocycles. The van der Waals surface area contributed by atoms with E-state index in [0.717, 1.165) is 13.1 Å². The van der Waals surface area contributed by atoms with E-state index in [1.807, 2.05) is 27.7 Å². The first-order valence-corrected chi connectivity index (χ1v) is 7.18. The molecule has 1 rings (SSSR count). The zero-order valence-corrected chi connectivity index (χ0v) is 12.7. The van der Waals surface area contributed by atoms with Crippen molar-refractivity contribution in [2.24, 2.45) is 0 Å². The minimum atomic E-state index is 1.16. The predicted octanol–water partition coefficient (Wildman–Crippen LogP) is 5.37. The number of anilines is 1. The standard InChI is InChI=1S/C12H19N.2C2H6/c1-3-10-13(11-4-2)12-8-6-5-7-9-12;2*1-2/h5-9H,3-4,10-11H2,1-2H3;2*1-2H3. The van der Waals surface area contributed by atoms with Gasteiger partial charge in [0.05, 0.1) is 0 Å². The van der Waals surface area contributed by atoms with Gasteiger partial charge >= 0.3 is 0 Å². The van der Waals surface area contributed by atoms with Gasteiger partial charge in [0, 0.05) is 18.8 Å². The molecule has 0 atom stereocenters. The highest BCUT2D eigenvalue weighted by molar-refractivity contribution is 5.45. The minimum absolute atomic E-state index is 1.16. The molecule has 0 unspecified atom stereocenters. The number of hydrogen-bond donors (Lipinski definition) is 0. The molecule has 0 saturated heterocycles. The van der Waals surface area contributed by atoms with Crippen molar-refractivity contribution in [3.8, 4) is 0 Å². The fourth-order valence-corrected chi connectivity index (χ4v) is 1.55. The molecule has 0 N–H and O–H groups in total. The maximum atomic E-state index is 2.44. The summed E-state index contributed by atoms with van der Waals surface area (Å²) < 4.78 is 0. The lowest BCUT2D eigenvalue weighted by Gasteiger charge is -2.23. The van der Waals surface area contributed by atoms with Crippen LogP contribution in [0.2, 0.25) is 0 Å². The SMILES string of the molecule is CC.CC.CCCN(CCC)c1ccccc1. The molecular weight excluding hydrogens is 206 g/mol. The van der Waals surface area contributed by atoms with Gasteiger partial charge in [-0.25, -0.2) is 0 Å². The summed E-state index contributed by atoms with van der Waals surface area (Å²) in [5.74, 6) is 0. The zero-order valence-electron chi connectivity index (χ0n) is 12.7. The quantitative estimate of drug-likeness (QED) is 0.666. The van der Waals surface area contributed by atoms with Gasteiger partial charge in [-0.1, -0.05) is 59.7 Å². The van der Waals surface area contributed by atoms with Crippen molar-refractivity contribution in [2.45, 2.75) is 54.4 Å². The Balaban J connectivity index is 0. The lowest BCUT2D eigenvalue weighted by molar-refractivity contribution is 0.745. The summed E-state index contributed by atoms with van der Waals surface area (Å²) in [6.45, 7) is 14.8. The summed E-state index contributed by atoms with van der Waals surface area (Å²) >= 11 is 0. The van der Waals surface area contributed by atoms with Crippen LogP contribution in [0.25, 0.3) is 0 Å². The molecule has 1 aromatic carbocycles. The van der Waals surface area contributed by atoms with E-state index >= 15 is 0 Å². The maximum Gasteiger partial charge on any atom is 0.0366 e. The molecule has 100 valence electrons. The summed E-state index contributed by atoms with van der Waals surface area (Å²) in [5.41, 5.74) is 1.35. The number of rotatable bonds is 5. The fourth-order valence-electron chi connectivity index (χ4n) is 1.55. The topological polar surface area (TPSA) is 3.24 Å². The Hall–Kier alpha value is -0.980. The Morgan fingerprint density at radius 3 is 1.53 bits per heavy atom. The molecule has 0 aliphatic carbocycles. The molecule has 0 heterocycles. The maximum absolute atomic E-state index is 2.44. The van der Waals surface area contributed by atoms with E-state index in [-0.39, 0.29) is 0 Å². The van der Waals surface area contributed by atoms with Crippen LogP contribution in [0.3, 0.4) is 0 Å². The van der Waals surface area contributed by atoms with Gasteiger partial charge in [-0.15, -0.1) is 0 Å². The first-order chi connectivity index (χ1) is 8.38. The summed E-state index contributed by atoms with van der Waals surface area (Å²) in [7, 11) is 0. The van der Waals surface area contributed by atoms with Crippen molar-refractivity contribution >= 4 is 5.69 Å². The van der Waals surface area contributed by atoms with Crippen molar-refractivity contribution in [1.29, 1.82) is 0 Å². The van der Waals surface area contributed by atoms with Crippen LogP contribution in [0.1, 0.15) is 54.4 Å². The molecule has 1 nitrogen and oxygen atoms in total. The number of para-hydroxylation sites is 1. The normalized spacial score (nSPS) is 8.35. The summed E-state index contributed by atoms with van der Waals surface area (Å²) in [6.07, 6.45) is 2.43. The summed E-state index contributed by atoms with van der Waals surface area (Å²) in [4.78, 5) is 2.44. The van der Waals surface area contributed by atoms with Crippen LogP contribution < -0.4 is 4.90 Å².